The lowest BCUT2D eigenvalue weighted by molar-refractivity contribution is -0.175. The van der Waals surface area contributed by atoms with Gasteiger partial charge < -0.3 is 23.8 Å². The molecular weight excluding hydrogens is 422 g/mol. The van der Waals surface area contributed by atoms with E-state index in [1.54, 1.807) is 18.2 Å². The average molecular weight is 462 g/mol. The molecular formula is C25H39N3O5. The summed E-state index contributed by atoms with van der Waals surface area (Å²) in [7, 11) is 1.70. The van der Waals surface area contributed by atoms with Crippen molar-refractivity contribution in [2.75, 3.05) is 33.4 Å². The highest BCUT2D eigenvalue weighted by atomic mass is 16.6. The molecule has 3 fully saturated rings. The van der Waals surface area contributed by atoms with Crippen molar-refractivity contribution in [3.05, 3.63) is 30.1 Å². The second-order valence-electron chi connectivity index (χ2n) is 10.5. The van der Waals surface area contributed by atoms with E-state index in [2.05, 4.69) is 38.9 Å². The van der Waals surface area contributed by atoms with Gasteiger partial charge in [0.25, 0.3) is 0 Å². The van der Waals surface area contributed by atoms with Gasteiger partial charge in [-0.05, 0) is 58.9 Å². The number of aromatic nitrogens is 2. The van der Waals surface area contributed by atoms with Crippen molar-refractivity contribution in [3.8, 4) is 0 Å². The van der Waals surface area contributed by atoms with Crippen LogP contribution in [0.1, 0.15) is 47.0 Å². The number of nitrogens with zero attached hydrogens (tertiary/aromatic N) is 3. The van der Waals surface area contributed by atoms with Gasteiger partial charge in [-0.1, -0.05) is 11.6 Å². The Labute approximate surface area is 197 Å². The highest BCUT2D eigenvalue weighted by Crippen LogP contribution is 2.52. The normalized spacial score (nSPS) is 29.6. The van der Waals surface area contributed by atoms with E-state index in [-0.39, 0.29) is 29.8 Å². The number of hydrogen-bond acceptors (Lipinski definition) is 6. The van der Waals surface area contributed by atoms with Crippen LogP contribution in [0.15, 0.2) is 30.1 Å². The van der Waals surface area contributed by atoms with Gasteiger partial charge in [-0.2, -0.15) is 5.10 Å². The summed E-state index contributed by atoms with van der Waals surface area (Å²) in [5.41, 5.74) is 0.494. The first-order valence-corrected chi connectivity index (χ1v) is 12.1. The zero-order valence-electron chi connectivity index (χ0n) is 20.7. The Morgan fingerprint density at radius 3 is 2.70 bits per heavy atom. The highest BCUT2D eigenvalue weighted by molar-refractivity contribution is 5.69. The maximum absolute atomic E-state index is 12.9. The second-order valence-corrected chi connectivity index (χ2v) is 10.5. The predicted octanol–water partition coefficient (Wildman–Crippen LogP) is 3.67. The fraction of sp³-hybridized carbons (Fsp3) is 0.760. The molecule has 4 rings (SSSR count). The molecule has 1 spiro atoms. The number of methoxy groups -OCH3 is 1. The Hall–Kier alpha value is -1.90. The van der Waals surface area contributed by atoms with Crippen LogP contribution in [0.5, 0.6) is 0 Å². The van der Waals surface area contributed by atoms with Crippen molar-refractivity contribution in [3.63, 3.8) is 0 Å². The van der Waals surface area contributed by atoms with E-state index in [0.29, 0.717) is 19.1 Å². The number of carbonyl (C=O) groups is 1. The van der Waals surface area contributed by atoms with Crippen LogP contribution in [-0.2, 0) is 25.5 Å². The first-order chi connectivity index (χ1) is 15.7. The summed E-state index contributed by atoms with van der Waals surface area (Å²) in [6.07, 6.45) is 7.60. The van der Waals surface area contributed by atoms with Crippen LogP contribution >= 0.6 is 0 Å². The molecule has 0 radical (unpaired) electrons. The molecule has 8 nitrogen and oxygen atoms in total. The molecule has 1 saturated carbocycles. The molecule has 4 atom stereocenters. The van der Waals surface area contributed by atoms with E-state index in [4.69, 9.17) is 18.9 Å². The fourth-order valence-electron chi connectivity index (χ4n) is 5.45. The Morgan fingerprint density at radius 1 is 1.33 bits per heavy atom. The smallest absolute Gasteiger partial charge is 0.410 e. The molecule has 0 unspecified atom stereocenters. The van der Waals surface area contributed by atoms with Gasteiger partial charge in [0.1, 0.15) is 12.2 Å². The SMILES string of the molecule is CO[C@H]1[C@H](C(C)(C)OCC=C(C)C)[C@]2(CC[C@H]1OC(=O)N1CC(CCn3cccn3)C1)CO2. The summed E-state index contributed by atoms with van der Waals surface area (Å²) < 4.78 is 26.2. The Bertz CT molecular complexity index is 823. The van der Waals surface area contributed by atoms with Gasteiger partial charge in [0.2, 0.25) is 0 Å². The largest absolute Gasteiger partial charge is 0.443 e. The van der Waals surface area contributed by atoms with Crippen LogP contribution in [-0.4, -0.2) is 77.6 Å². The van der Waals surface area contributed by atoms with Crippen molar-refractivity contribution >= 4 is 6.09 Å². The van der Waals surface area contributed by atoms with E-state index < -0.39 is 5.60 Å². The van der Waals surface area contributed by atoms with Crippen LogP contribution in [0.4, 0.5) is 4.79 Å². The zero-order valence-corrected chi connectivity index (χ0v) is 20.7. The molecule has 1 aromatic rings. The van der Waals surface area contributed by atoms with Gasteiger partial charge in [-0.15, -0.1) is 0 Å². The van der Waals surface area contributed by atoms with E-state index >= 15 is 0 Å². The van der Waals surface area contributed by atoms with E-state index in [9.17, 15) is 4.79 Å². The number of aryl methyl sites for hydroxylation is 1. The van der Waals surface area contributed by atoms with Crippen LogP contribution in [0.25, 0.3) is 0 Å². The van der Waals surface area contributed by atoms with E-state index in [0.717, 1.165) is 38.9 Å². The maximum atomic E-state index is 12.9. The third kappa shape index (κ3) is 5.44. The van der Waals surface area contributed by atoms with Gasteiger partial charge in [-0.25, -0.2) is 4.79 Å². The highest BCUT2D eigenvalue weighted by Gasteiger charge is 2.64. The van der Waals surface area contributed by atoms with Crippen LogP contribution in [0, 0.1) is 11.8 Å². The van der Waals surface area contributed by atoms with Gasteiger partial charge >= 0.3 is 6.09 Å². The minimum absolute atomic E-state index is 0.0229. The molecule has 1 aliphatic carbocycles. The van der Waals surface area contributed by atoms with Crippen molar-refractivity contribution in [1.82, 2.24) is 14.7 Å². The van der Waals surface area contributed by atoms with Crippen molar-refractivity contribution in [2.45, 2.75) is 76.9 Å². The average Bonchev–Trinajstić information content (AvgIpc) is 3.27. The number of allylic oxidation sites excluding steroid dienone is 1. The number of rotatable bonds is 9. The molecule has 0 aromatic carbocycles. The summed E-state index contributed by atoms with van der Waals surface area (Å²) >= 11 is 0. The van der Waals surface area contributed by atoms with Gasteiger partial charge in [0.05, 0.1) is 24.4 Å². The first kappa shape index (κ1) is 24.2. The summed E-state index contributed by atoms with van der Waals surface area (Å²) in [5, 5.41) is 4.24. The number of likely N-dealkylation sites (tertiary alicyclic amines) is 1. The Balaban J connectivity index is 1.33. The fourth-order valence-corrected chi connectivity index (χ4v) is 5.45. The van der Waals surface area contributed by atoms with Crippen molar-refractivity contribution in [1.29, 1.82) is 0 Å². The number of carbonyl (C=O) groups excluding carboxylic acids is 1. The molecule has 0 bridgehead atoms. The minimum atomic E-state index is -0.484. The Kier molecular flexibility index (Phi) is 7.17. The van der Waals surface area contributed by atoms with E-state index in [1.165, 1.54) is 5.57 Å². The quantitative estimate of drug-likeness (QED) is 0.413. The summed E-state index contributed by atoms with van der Waals surface area (Å²) in [6.45, 7) is 11.9. The third-order valence-electron chi connectivity index (χ3n) is 7.39. The number of amides is 1. The molecule has 2 aliphatic heterocycles. The lowest BCUT2D eigenvalue weighted by atomic mass is 9.68. The summed E-state index contributed by atoms with van der Waals surface area (Å²) in [4.78, 5) is 14.7. The second kappa shape index (κ2) is 9.76. The molecule has 3 heterocycles. The molecule has 2 saturated heterocycles. The number of epoxide rings is 1. The first-order valence-electron chi connectivity index (χ1n) is 12.1. The summed E-state index contributed by atoms with van der Waals surface area (Å²) in [6, 6.07) is 1.93. The van der Waals surface area contributed by atoms with Gasteiger partial charge in [-0.3, -0.25) is 4.68 Å². The monoisotopic (exact) mass is 461 g/mol. The number of hydrogen-bond donors (Lipinski definition) is 0. The van der Waals surface area contributed by atoms with Gasteiger partial charge in [0, 0.05) is 45.1 Å². The molecule has 3 aliphatic rings. The number of ether oxygens (including phenoxy) is 4. The van der Waals surface area contributed by atoms with Crippen molar-refractivity contribution < 1.29 is 23.7 Å². The molecule has 1 aromatic heterocycles. The maximum Gasteiger partial charge on any atom is 0.410 e. The minimum Gasteiger partial charge on any atom is -0.443 e. The predicted molar refractivity (Wildman–Crippen MR) is 124 cm³/mol. The van der Waals surface area contributed by atoms with Crippen LogP contribution in [0.3, 0.4) is 0 Å². The van der Waals surface area contributed by atoms with Crippen LogP contribution < -0.4 is 0 Å². The third-order valence-corrected chi connectivity index (χ3v) is 7.39. The summed E-state index contributed by atoms with van der Waals surface area (Å²) in [5.74, 6) is 0.468. The topological polar surface area (TPSA) is 78.4 Å². The van der Waals surface area contributed by atoms with E-state index in [1.807, 2.05) is 16.9 Å². The Morgan fingerprint density at radius 2 is 2.09 bits per heavy atom. The van der Waals surface area contributed by atoms with Crippen molar-refractivity contribution in [2.24, 2.45) is 11.8 Å². The molecule has 1 amide bonds. The molecule has 0 N–H and O–H groups in total. The zero-order chi connectivity index (χ0) is 23.6. The lowest BCUT2D eigenvalue weighted by Gasteiger charge is -2.48. The lowest BCUT2D eigenvalue weighted by Crippen LogP contribution is -2.59. The van der Waals surface area contributed by atoms with Gasteiger partial charge in [0.15, 0.2) is 0 Å². The van der Waals surface area contributed by atoms with Crippen LogP contribution in [0.2, 0.25) is 0 Å². The molecule has 184 valence electrons. The molecule has 33 heavy (non-hydrogen) atoms. The molecule has 8 heteroatoms. The standard InChI is InChI=1S/C25H39N3O5/c1-18(2)9-14-31-24(3,4)22-21(30-5)20(7-10-25(22)17-32-25)33-23(29)27-15-19(16-27)8-13-28-12-6-11-26-28/h6,9,11-12,19-22H,7-8,10,13-17H2,1-5H3/t20-,21-,22-,25+/m1/s1.